The zero-order valence-corrected chi connectivity index (χ0v) is 10.7. The van der Waals surface area contributed by atoms with Crippen molar-refractivity contribution < 1.29 is 14.2 Å². The Kier molecular flexibility index (Phi) is 4.69. The standard InChI is InChI=1S/C14H20FNO2/c1-16(8-11-3-2-4-13(15)7-11)9-12-10-18-6-5-14(12)17/h2-4,7,12,14,17H,5-6,8-10H2,1H3. The molecule has 0 radical (unpaired) electrons. The Hall–Kier alpha value is -0.970. The van der Waals surface area contributed by atoms with E-state index in [4.69, 9.17) is 4.74 Å². The molecule has 2 rings (SSSR count). The number of hydrogen-bond acceptors (Lipinski definition) is 3. The number of ether oxygens (including phenoxy) is 1. The first-order valence-corrected chi connectivity index (χ1v) is 6.34. The third kappa shape index (κ3) is 3.77. The van der Waals surface area contributed by atoms with Crippen LogP contribution in [0.4, 0.5) is 4.39 Å². The summed E-state index contributed by atoms with van der Waals surface area (Å²) < 4.78 is 18.4. The summed E-state index contributed by atoms with van der Waals surface area (Å²) >= 11 is 0. The molecule has 2 atom stereocenters. The monoisotopic (exact) mass is 253 g/mol. The minimum absolute atomic E-state index is 0.150. The molecule has 0 amide bonds. The van der Waals surface area contributed by atoms with Crippen LogP contribution in [-0.2, 0) is 11.3 Å². The lowest BCUT2D eigenvalue weighted by atomic mass is 9.98. The van der Waals surface area contributed by atoms with Gasteiger partial charge >= 0.3 is 0 Å². The van der Waals surface area contributed by atoms with Gasteiger partial charge in [-0.25, -0.2) is 4.39 Å². The highest BCUT2D eigenvalue weighted by molar-refractivity contribution is 5.16. The molecule has 100 valence electrons. The van der Waals surface area contributed by atoms with Crippen molar-refractivity contribution in [3.05, 3.63) is 35.6 Å². The van der Waals surface area contributed by atoms with Crippen LogP contribution in [0.2, 0.25) is 0 Å². The molecule has 0 spiro atoms. The van der Waals surface area contributed by atoms with Crippen LogP contribution in [0.3, 0.4) is 0 Å². The Labute approximate surface area is 107 Å². The number of aliphatic hydroxyl groups is 1. The molecular formula is C14H20FNO2. The molecule has 3 nitrogen and oxygen atoms in total. The predicted octanol–water partition coefficient (Wildman–Crippen LogP) is 1.65. The molecule has 1 aliphatic heterocycles. The van der Waals surface area contributed by atoms with Gasteiger partial charge in [0.25, 0.3) is 0 Å². The zero-order chi connectivity index (χ0) is 13.0. The third-order valence-corrected chi connectivity index (χ3v) is 3.32. The number of halogens is 1. The maximum atomic E-state index is 13.1. The predicted molar refractivity (Wildman–Crippen MR) is 67.7 cm³/mol. The Bertz CT molecular complexity index is 386. The topological polar surface area (TPSA) is 32.7 Å². The van der Waals surface area contributed by atoms with E-state index < -0.39 is 0 Å². The van der Waals surface area contributed by atoms with Gasteiger partial charge in [-0.15, -0.1) is 0 Å². The molecule has 0 aliphatic carbocycles. The second-order valence-electron chi connectivity index (χ2n) is 5.02. The van der Waals surface area contributed by atoms with Gasteiger partial charge in [0.05, 0.1) is 12.7 Å². The SMILES string of the molecule is CN(Cc1cccc(F)c1)CC1COCCC1O. The van der Waals surface area contributed by atoms with Crippen LogP contribution >= 0.6 is 0 Å². The van der Waals surface area contributed by atoms with Crippen molar-refractivity contribution in [1.29, 1.82) is 0 Å². The Morgan fingerprint density at radius 1 is 1.50 bits per heavy atom. The Balaban J connectivity index is 1.86. The van der Waals surface area contributed by atoms with E-state index in [1.54, 1.807) is 12.1 Å². The van der Waals surface area contributed by atoms with Gasteiger partial charge in [-0.1, -0.05) is 12.1 Å². The van der Waals surface area contributed by atoms with Gasteiger partial charge in [0, 0.05) is 25.6 Å². The maximum absolute atomic E-state index is 13.1. The summed E-state index contributed by atoms with van der Waals surface area (Å²) in [5.74, 6) is -0.0563. The van der Waals surface area contributed by atoms with Gasteiger partial charge in [-0.05, 0) is 31.2 Å². The number of benzene rings is 1. The molecular weight excluding hydrogens is 233 g/mol. The van der Waals surface area contributed by atoms with E-state index in [1.165, 1.54) is 6.07 Å². The van der Waals surface area contributed by atoms with Crippen LogP contribution in [-0.4, -0.2) is 42.9 Å². The first-order valence-electron chi connectivity index (χ1n) is 6.34. The Morgan fingerprint density at radius 2 is 2.33 bits per heavy atom. The number of aliphatic hydroxyl groups excluding tert-OH is 1. The first kappa shape index (κ1) is 13.5. The van der Waals surface area contributed by atoms with Crippen LogP contribution in [0, 0.1) is 11.7 Å². The van der Waals surface area contributed by atoms with Gasteiger partial charge < -0.3 is 14.7 Å². The summed E-state index contributed by atoms with van der Waals surface area (Å²) in [6, 6.07) is 6.62. The van der Waals surface area contributed by atoms with Crippen LogP contribution in [0.25, 0.3) is 0 Å². The quantitative estimate of drug-likeness (QED) is 0.885. The average molecular weight is 253 g/mol. The molecule has 1 aliphatic rings. The first-order chi connectivity index (χ1) is 8.65. The van der Waals surface area contributed by atoms with Crippen molar-refractivity contribution >= 4 is 0 Å². The summed E-state index contributed by atoms with van der Waals surface area (Å²) in [7, 11) is 1.98. The summed E-state index contributed by atoms with van der Waals surface area (Å²) in [6.45, 7) is 2.69. The van der Waals surface area contributed by atoms with E-state index >= 15 is 0 Å². The van der Waals surface area contributed by atoms with Crippen molar-refractivity contribution in [2.45, 2.75) is 19.1 Å². The number of rotatable bonds is 4. The molecule has 1 N–H and O–H groups in total. The van der Waals surface area contributed by atoms with Crippen LogP contribution in [0.15, 0.2) is 24.3 Å². The van der Waals surface area contributed by atoms with Crippen LogP contribution < -0.4 is 0 Å². The lowest BCUT2D eigenvalue weighted by Crippen LogP contribution is -2.39. The van der Waals surface area contributed by atoms with E-state index in [2.05, 4.69) is 4.90 Å². The highest BCUT2D eigenvalue weighted by Crippen LogP contribution is 2.16. The third-order valence-electron chi connectivity index (χ3n) is 3.32. The lowest BCUT2D eigenvalue weighted by molar-refractivity contribution is -0.0451. The molecule has 4 heteroatoms. The highest BCUT2D eigenvalue weighted by atomic mass is 19.1. The van der Waals surface area contributed by atoms with E-state index in [-0.39, 0.29) is 17.8 Å². The molecule has 0 bridgehead atoms. The highest BCUT2D eigenvalue weighted by Gasteiger charge is 2.24. The summed E-state index contributed by atoms with van der Waals surface area (Å²) in [5, 5.41) is 9.86. The minimum atomic E-state index is -0.284. The largest absolute Gasteiger partial charge is 0.393 e. The lowest BCUT2D eigenvalue weighted by Gasteiger charge is -2.31. The van der Waals surface area contributed by atoms with Crippen LogP contribution in [0.5, 0.6) is 0 Å². The van der Waals surface area contributed by atoms with Crippen molar-refractivity contribution in [3.63, 3.8) is 0 Å². The zero-order valence-electron chi connectivity index (χ0n) is 10.7. The molecule has 0 saturated carbocycles. The van der Waals surface area contributed by atoms with Gasteiger partial charge in [-0.2, -0.15) is 0 Å². The number of hydrogen-bond donors (Lipinski definition) is 1. The van der Waals surface area contributed by atoms with E-state index in [0.717, 1.165) is 12.1 Å². The maximum Gasteiger partial charge on any atom is 0.123 e. The summed E-state index contributed by atoms with van der Waals surface area (Å²) in [5.41, 5.74) is 0.948. The summed E-state index contributed by atoms with van der Waals surface area (Å²) in [6.07, 6.45) is 0.423. The van der Waals surface area contributed by atoms with Crippen molar-refractivity contribution in [2.75, 3.05) is 26.8 Å². The van der Waals surface area contributed by atoms with Gasteiger partial charge in [0.15, 0.2) is 0 Å². The molecule has 1 aromatic carbocycles. The molecule has 2 unspecified atom stereocenters. The second-order valence-corrected chi connectivity index (χ2v) is 5.02. The summed E-state index contributed by atoms with van der Waals surface area (Å²) in [4.78, 5) is 2.09. The molecule has 1 fully saturated rings. The minimum Gasteiger partial charge on any atom is -0.393 e. The van der Waals surface area contributed by atoms with E-state index in [0.29, 0.717) is 26.2 Å². The number of nitrogens with zero attached hydrogens (tertiary/aromatic N) is 1. The smallest absolute Gasteiger partial charge is 0.123 e. The fourth-order valence-corrected chi connectivity index (χ4v) is 2.37. The van der Waals surface area contributed by atoms with Gasteiger partial charge in [0.1, 0.15) is 5.82 Å². The second kappa shape index (κ2) is 6.27. The van der Waals surface area contributed by atoms with Crippen molar-refractivity contribution in [1.82, 2.24) is 4.90 Å². The molecule has 0 aromatic heterocycles. The average Bonchev–Trinajstić information content (AvgIpc) is 2.32. The fourth-order valence-electron chi connectivity index (χ4n) is 2.37. The van der Waals surface area contributed by atoms with Crippen molar-refractivity contribution in [2.24, 2.45) is 5.92 Å². The molecule has 18 heavy (non-hydrogen) atoms. The van der Waals surface area contributed by atoms with Gasteiger partial charge in [0.2, 0.25) is 0 Å². The molecule has 1 heterocycles. The Morgan fingerprint density at radius 3 is 3.06 bits per heavy atom. The van der Waals surface area contributed by atoms with Crippen molar-refractivity contribution in [3.8, 4) is 0 Å². The van der Waals surface area contributed by atoms with Crippen LogP contribution in [0.1, 0.15) is 12.0 Å². The van der Waals surface area contributed by atoms with E-state index in [9.17, 15) is 9.50 Å². The fraction of sp³-hybridized carbons (Fsp3) is 0.571. The van der Waals surface area contributed by atoms with E-state index in [1.807, 2.05) is 13.1 Å². The molecule has 1 saturated heterocycles. The molecule has 1 aromatic rings. The normalized spacial score (nSPS) is 24.4. The van der Waals surface area contributed by atoms with Gasteiger partial charge in [-0.3, -0.25) is 0 Å².